The zero-order valence-electron chi connectivity index (χ0n) is 9.02. The molecule has 0 heterocycles. The van der Waals surface area contributed by atoms with Crippen molar-refractivity contribution in [2.75, 3.05) is 11.6 Å². The van der Waals surface area contributed by atoms with E-state index in [2.05, 4.69) is 0 Å². The summed E-state index contributed by atoms with van der Waals surface area (Å²) in [4.78, 5) is 0. The summed E-state index contributed by atoms with van der Waals surface area (Å²) in [6, 6.07) is 0. The van der Waals surface area contributed by atoms with Gasteiger partial charge in [0.05, 0.1) is 5.75 Å². The SMILES string of the molecule is CC(C)(C)CCS(=O)(=O)CNS(=O)(=O)O. The summed E-state index contributed by atoms with van der Waals surface area (Å²) in [5, 5.41) is 0. The fourth-order valence-electron chi connectivity index (χ4n) is 0.698. The molecule has 0 radical (unpaired) electrons. The maximum atomic E-state index is 11.3. The minimum atomic E-state index is -4.44. The summed E-state index contributed by atoms with van der Waals surface area (Å²) in [5.41, 5.74) is -0.134. The van der Waals surface area contributed by atoms with Crippen molar-refractivity contribution in [2.45, 2.75) is 27.2 Å². The molecule has 0 saturated heterocycles. The Kier molecular flexibility index (Phi) is 4.71. The van der Waals surface area contributed by atoms with Gasteiger partial charge in [0.2, 0.25) is 0 Å². The van der Waals surface area contributed by atoms with Crippen molar-refractivity contribution in [1.29, 1.82) is 0 Å². The number of sulfone groups is 1. The van der Waals surface area contributed by atoms with Crippen molar-refractivity contribution in [3.05, 3.63) is 0 Å². The van der Waals surface area contributed by atoms with Crippen LogP contribution in [0.3, 0.4) is 0 Å². The Morgan fingerprint density at radius 3 is 1.93 bits per heavy atom. The summed E-state index contributed by atoms with van der Waals surface area (Å²) in [5.74, 6) is -0.874. The van der Waals surface area contributed by atoms with Crippen molar-refractivity contribution >= 4 is 20.1 Å². The normalized spacial score (nSPS) is 14.1. The van der Waals surface area contributed by atoms with Gasteiger partial charge in [-0.3, -0.25) is 4.55 Å². The second-order valence-electron chi connectivity index (χ2n) is 4.52. The van der Waals surface area contributed by atoms with E-state index < -0.39 is 26.0 Å². The minimum absolute atomic E-state index is 0.112. The summed E-state index contributed by atoms with van der Waals surface area (Å²) in [6.45, 7) is 5.66. The van der Waals surface area contributed by atoms with E-state index in [1.807, 2.05) is 20.8 Å². The molecule has 6 nitrogen and oxygen atoms in total. The van der Waals surface area contributed by atoms with Crippen LogP contribution in [0, 0.1) is 5.41 Å². The Labute approximate surface area is 90.9 Å². The fraction of sp³-hybridized carbons (Fsp3) is 1.00. The van der Waals surface area contributed by atoms with Gasteiger partial charge in [-0.1, -0.05) is 20.8 Å². The van der Waals surface area contributed by atoms with Crippen LogP contribution in [0.5, 0.6) is 0 Å². The van der Waals surface area contributed by atoms with E-state index in [0.29, 0.717) is 6.42 Å². The molecular weight excluding hydrogens is 242 g/mol. The summed E-state index contributed by atoms with van der Waals surface area (Å²) in [6.07, 6.45) is 0.433. The quantitative estimate of drug-likeness (QED) is 0.686. The fourth-order valence-corrected chi connectivity index (χ4v) is 3.08. The summed E-state index contributed by atoms with van der Waals surface area (Å²) in [7, 11) is -7.94. The molecule has 0 aliphatic carbocycles. The first-order valence-electron chi connectivity index (χ1n) is 4.34. The van der Waals surface area contributed by atoms with Crippen molar-refractivity contribution < 1.29 is 21.4 Å². The zero-order chi connectivity index (χ0) is 12.3. The molecule has 0 aliphatic rings. The molecule has 0 unspecified atom stereocenters. The molecule has 0 fully saturated rings. The van der Waals surface area contributed by atoms with Crippen LogP contribution >= 0.6 is 0 Å². The third-order valence-corrected chi connectivity index (χ3v) is 3.73. The van der Waals surface area contributed by atoms with Crippen molar-refractivity contribution in [3.63, 3.8) is 0 Å². The molecule has 0 aromatic rings. The van der Waals surface area contributed by atoms with E-state index in [4.69, 9.17) is 4.55 Å². The van der Waals surface area contributed by atoms with Gasteiger partial charge in [-0.25, -0.2) is 8.42 Å². The lowest BCUT2D eigenvalue weighted by atomic mass is 9.94. The van der Waals surface area contributed by atoms with Gasteiger partial charge in [-0.05, 0) is 11.8 Å². The molecule has 0 atom stereocenters. The van der Waals surface area contributed by atoms with Crippen LogP contribution < -0.4 is 4.72 Å². The van der Waals surface area contributed by atoms with E-state index in [1.54, 1.807) is 0 Å². The molecule has 0 bridgehead atoms. The van der Waals surface area contributed by atoms with E-state index in [1.165, 1.54) is 4.72 Å². The Bertz CT molecular complexity index is 390. The van der Waals surface area contributed by atoms with Gasteiger partial charge in [0.1, 0.15) is 5.88 Å². The van der Waals surface area contributed by atoms with Gasteiger partial charge in [0, 0.05) is 0 Å². The van der Waals surface area contributed by atoms with Crippen molar-refractivity contribution in [2.24, 2.45) is 5.41 Å². The average Bonchev–Trinajstić information content (AvgIpc) is 1.96. The van der Waals surface area contributed by atoms with Crippen molar-refractivity contribution in [3.8, 4) is 0 Å². The number of hydrogen-bond donors (Lipinski definition) is 2. The lowest BCUT2D eigenvalue weighted by molar-refractivity contribution is 0.397. The van der Waals surface area contributed by atoms with Gasteiger partial charge >= 0.3 is 10.3 Å². The molecule has 0 aromatic heterocycles. The third kappa shape index (κ3) is 10.1. The smallest absolute Gasteiger partial charge is 0.273 e. The second kappa shape index (κ2) is 4.77. The zero-order valence-corrected chi connectivity index (χ0v) is 10.7. The molecule has 0 spiro atoms. The topological polar surface area (TPSA) is 101 Å². The van der Waals surface area contributed by atoms with Crippen LogP contribution in [0.15, 0.2) is 0 Å². The van der Waals surface area contributed by atoms with Crippen molar-refractivity contribution in [1.82, 2.24) is 4.72 Å². The van der Waals surface area contributed by atoms with Gasteiger partial charge in [-0.15, -0.1) is 0 Å². The molecule has 0 aromatic carbocycles. The standard InChI is InChI=1S/C7H17NO5S2/c1-7(2,3)4-5-14(9,10)6-8-15(11,12)13/h8H,4-6H2,1-3H3,(H,11,12,13). The number of nitrogens with one attached hydrogen (secondary N) is 1. The average molecular weight is 259 g/mol. The molecule has 0 amide bonds. The molecular formula is C7H17NO5S2. The number of hydrogen-bond acceptors (Lipinski definition) is 4. The van der Waals surface area contributed by atoms with Crippen LogP contribution in [0.4, 0.5) is 0 Å². The molecule has 8 heteroatoms. The second-order valence-corrected chi connectivity index (χ2v) is 7.94. The first-order valence-corrected chi connectivity index (χ1v) is 7.60. The molecule has 92 valence electrons. The molecule has 15 heavy (non-hydrogen) atoms. The Morgan fingerprint density at radius 2 is 1.60 bits per heavy atom. The molecule has 0 rings (SSSR count). The van der Waals surface area contributed by atoms with Crippen LogP contribution in [0.25, 0.3) is 0 Å². The molecule has 0 aliphatic heterocycles. The van der Waals surface area contributed by atoms with Gasteiger partial charge < -0.3 is 0 Å². The van der Waals surface area contributed by atoms with E-state index in [-0.39, 0.29) is 11.2 Å². The number of rotatable bonds is 5. The maximum Gasteiger partial charge on any atom is 0.334 e. The Morgan fingerprint density at radius 1 is 1.13 bits per heavy atom. The van der Waals surface area contributed by atoms with E-state index >= 15 is 0 Å². The van der Waals surface area contributed by atoms with Crippen LogP contribution in [0.2, 0.25) is 0 Å². The van der Waals surface area contributed by atoms with Gasteiger partial charge in [-0.2, -0.15) is 13.1 Å². The van der Waals surface area contributed by atoms with Gasteiger partial charge in [0.25, 0.3) is 0 Å². The predicted molar refractivity (Wildman–Crippen MR) is 57.4 cm³/mol. The monoisotopic (exact) mass is 259 g/mol. The Balaban J connectivity index is 4.23. The lowest BCUT2D eigenvalue weighted by Gasteiger charge is -2.17. The maximum absolute atomic E-state index is 11.3. The highest BCUT2D eigenvalue weighted by Gasteiger charge is 2.19. The lowest BCUT2D eigenvalue weighted by Crippen LogP contribution is -2.31. The summed E-state index contributed by atoms with van der Waals surface area (Å²) >= 11 is 0. The first kappa shape index (κ1) is 14.8. The van der Waals surface area contributed by atoms with E-state index in [0.717, 1.165) is 0 Å². The van der Waals surface area contributed by atoms with Crippen LogP contribution in [0.1, 0.15) is 27.2 Å². The predicted octanol–water partition coefficient (Wildman–Crippen LogP) is 0.187. The first-order chi connectivity index (χ1) is 6.41. The highest BCUT2D eigenvalue weighted by molar-refractivity contribution is 7.92. The Hall–Kier alpha value is -0.180. The highest BCUT2D eigenvalue weighted by Crippen LogP contribution is 2.19. The molecule has 2 N–H and O–H groups in total. The van der Waals surface area contributed by atoms with Gasteiger partial charge in [0.15, 0.2) is 9.84 Å². The molecule has 0 saturated carbocycles. The largest absolute Gasteiger partial charge is 0.334 e. The third-order valence-electron chi connectivity index (χ3n) is 1.62. The van der Waals surface area contributed by atoms with E-state index in [9.17, 15) is 16.8 Å². The summed E-state index contributed by atoms with van der Waals surface area (Å²) < 4.78 is 52.9. The highest BCUT2D eigenvalue weighted by atomic mass is 32.2. The van der Waals surface area contributed by atoms with Crippen LogP contribution in [-0.4, -0.2) is 33.0 Å². The minimum Gasteiger partial charge on any atom is -0.273 e. The van der Waals surface area contributed by atoms with Crippen LogP contribution in [-0.2, 0) is 20.1 Å².